The Kier molecular flexibility index (Phi) is 5.75. The first-order chi connectivity index (χ1) is 13.8. The Morgan fingerprint density at radius 2 is 1.79 bits per heavy atom. The van der Waals surface area contributed by atoms with E-state index >= 15 is 0 Å². The molecule has 5 heteroatoms. The second-order valence-corrected chi connectivity index (χ2v) is 10.9. The summed E-state index contributed by atoms with van der Waals surface area (Å²) in [5.41, 5.74) is 11.5. The van der Waals surface area contributed by atoms with Gasteiger partial charge >= 0.3 is 0 Å². The average molecular weight is 413 g/mol. The quantitative estimate of drug-likeness (QED) is 0.749. The first-order valence-electron chi connectivity index (χ1n) is 11.1. The van der Waals surface area contributed by atoms with Gasteiger partial charge in [-0.15, -0.1) is 11.3 Å². The van der Waals surface area contributed by atoms with Crippen molar-refractivity contribution in [3.63, 3.8) is 0 Å². The van der Waals surface area contributed by atoms with Crippen molar-refractivity contribution in [2.24, 2.45) is 5.73 Å². The van der Waals surface area contributed by atoms with Crippen LogP contribution in [0.1, 0.15) is 64.5 Å². The highest BCUT2D eigenvalue weighted by Crippen LogP contribution is 2.46. The van der Waals surface area contributed by atoms with Gasteiger partial charge in [0.25, 0.3) is 0 Å². The van der Waals surface area contributed by atoms with E-state index in [0.29, 0.717) is 12.6 Å². The molecule has 1 saturated heterocycles. The van der Waals surface area contributed by atoms with E-state index in [4.69, 9.17) is 10.7 Å². The lowest BCUT2D eigenvalue weighted by molar-refractivity contribution is 0.332. The van der Waals surface area contributed by atoms with Crippen LogP contribution in [0.2, 0.25) is 0 Å². The van der Waals surface area contributed by atoms with E-state index in [1.54, 1.807) is 11.3 Å². The Morgan fingerprint density at radius 1 is 1.10 bits per heavy atom. The van der Waals surface area contributed by atoms with Gasteiger partial charge in [0.1, 0.15) is 0 Å². The summed E-state index contributed by atoms with van der Waals surface area (Å²) in [5.74, 6) is 0. The maximum absolute atomic E-state index is 5.61. The maximum atomic E-state index is 5.61. The van der Waals surface area contributed by atoms with E-state index in [9.17, 15) is 0 Å². The molecule has 1 aromatic carbocycles. The summed E-state index contributed by atoms with van der Waals surface area (Å²) in [6.45, 7) is 13.3. The molecular formula is C24H36N4S. The van der Waals surface area contributed by atoms with Crippen molar-refractivity contribution in [1.29, 1.82) is 0 Å². The summed E-state index contributed by atoms with van der Waals surface area (Å²) < 4.78 is 0. The summed E-state index contributed by atoms with van der Waals surface area (Å²) in [6, 6.07) is 7.65. The molecule has 2 heterocycles. The monoisotopic (exact) mass is 412 g/mol. The third-order valence-electron chi connectivity index (χ3n) is 6.98. The van der Waals surface area contributed by atoms with E-state index in [0.717, 1.165) is 43.3 Å². The van der Waals surface area contributed by atoms with Crippen LogP contribution in [0.3, 0.4) is 0 Å². The van der Waals surface area contributed by atoms with Crippen LogP contribution in [0.5, 0.6) is 0 Å². The van der Waals surface area contributed by atoms with E-state index < -0.39 is 0 Å². The number of hydrogen-bond donors (Lipinski definition) is 2. The first kappa shape index (κ1) is 20.8. The van der Waals surface area contributed by atoms with E-state index in [-0.39, 0.29) is 10.8 Å². The maximum Gasteiger partial charge on any atom is 0.185 e. The fraction of sp³-hybridized carbons (Fsp3) is 0.625. The fourth-order valence-electron chi connectivity index (χ4n) is 4.85. The number of nitrogens with zero attached hydrogens (tertiary/aromatic N) is 2. The van der Waals surface area contributed by atoms with Crippen LogP contribution in [0.4, 0.5) is 5.13 Å². The van der Waals surface area contributed by atoms with Gasteiger partial charge in [0.2, 0.25) is 0 Å². The number of hydrogen-bond acceptors (Lipinski definition) is 5. The van der Waals surface area contributed by atoms with Gasteiger partial charge in [-0.05, 0) is 53.7 Å². The molecule has 1 fully saturated rings. The Labute approximate surface area is 179 Å². The Bertz CT molecular complexity index is 846. The molecule has 0 atom stereocenters. The average Bonchev–Trinajstić information content (AvgIpc) is 3.20. The summed E-state index contributed by atoms with van der Waals surface area (Å²) in [5, 5.41) is 6.94. The lowest BCUT2D eigenvalue weighted by Crippen LogP contribution is -2.43. The topological polar surface area (TPSA) is 54.2 Å². The third-order valence-corrected chi connectivity index (χ3v) is 7.88. The fourth-order valence-corrected chi connectivity index (χ4v) is 5.74. The van der Waals surface area contributed by atoms with Crippen LogP contribution >= 0.6 is 11.3 Å². The van der Waals surface area contributed by atoms with Gasteiger partial charge in [0, 0.05) is 43.2 Å². The second kappa shape index (κ2) is 8.01. The zero-order valence-electron chi connectivity index (χ0n) is 18.4. The van der Waals surface area contributed by atoms with Crippen molar-refractivity contribution in [1.82, 2.24) is 10.3 Å². The number of nitrogens with two attached hydrogens (primary N) is 1. The van der Waals surface area contributed by atoms with Gasteiger partial charge in [-0.3, -0.25) is 0 Å². The summed E-state index contributed by atoms with van der Waals surface area (Å²) >= 11 is 1.78. The van der Waals surface area contributed by atoms with Crippen molar-refractivity contribution < 1.29 is 0 Å². The van der Waals surface area contributed by atoms with E-state index in [2.05, 4.69) is 61.5 Å². The van der Waals surface area contributed by atoms with Crippen molar-refractivity contribution >= 4 is 16.5 Å². The normalized spacial score (nSPS) is 21.2. The summed E-state index contributed by atoms with van der Waals surface area (Å²) in [7, 11) is 0. The Balaban J connectivity index is 1.52. The van der Waals surface area contributed by atoms with Crippen molar-refractivity contribution in [3.8, 4) is 11.3 Å². The molecule has 1 aromatic heterocycles. The molecule has 0 radical (unpaired) electrons. The highest BCUT2D eigenvalue weighted by molar-refractivity contribution is 7.14. The number of thiazole rings is 1. The van der Waals surface area contributed by atoms with Crippen molar-refractivity contribution in [2.45, 2.75) is 70.3 Å². The SMILES string of the molecule is CC1(C)CCC(C)(C)c2cc(-c3csc(N4CCC(NCCN)CC4)n3)ccc21. The smallest absolute Gasteiger partial charge is 0.185 e. The molecule has 158 valence electrons. The molecule has 0 unspecified atom stereocenters. The van der Waals surface area contributed by atoms with Gasteiger partial charge in [-0.25, -0.2) is 4.98 Å². The van der Waals surface area contributed by atoms with Crippen molar-refractivity contribution in [3.05, 3.63) is 34.7 Å². The highest BCUT2D eigenvalue weighted by atomic mass is 32.1. The van der Waals surface area contributed by atoms with Gasteiger partial charge in [0.15, 0.2) is 5.13 Å². The summed E-state index contributed by atoms with van der Waals surface area (Å²) in [6.07, 6.45) is 4.82. The largest absolute Gasteiger partial charge is 0.348 e. The third kappa shape index (κ3) is 4.23. The van der Waals surface area contributed by atoms with Gasteiger partial charge in [0.05, 0.1) is 5.69 Å². The molecule has 2 aliphatic rings. The lowest BCUT2D eigenvalue weighted by atomic mass is 9.63. The first-order valence-corrected chi connectivity index (χ1v) is 12.0. The summed E-state index contributed by atoms with van der Waals surface area (Å²) in [4.78, 5) is 7.47. The van der Waals surface area contributed by atoms with Crippen LogP contribution < -0.4 is 16.0 Å². The predicted octanol–water partition coefficient (Wildman–Crippen LogP) is 4.68. The highest BCUT2D eigenvalue weighted by Gasteiger charge is 2.37. The second-order valence-electron chi connectivity index (χ2n) is 10.0. The number of anilines is 1. The minimum absolute atomic E-state index is 0.234. The molecule has 0 bridgehead atoms. The molecule has 2 aromatic rings. The predicted molar refractivity (Wildman–Crippen MR) is 125 cm³/mol. The molecule has 1 aliphatic heterocycles. The molecule has 0 amide bonds. The number of nitrogens with one attached hydrogen (secondary N) is 1. The molecule has 1 aliphatic carbocycles. The molecule has 3 N–H and O–H groups in total. The van der Waals surface area contributed by atoms with Crippen LogP contribution in [0, 0.1) is 0 Å². The number of rotatable bonds is 5. The zero-order chi connectivity index (χ0) is 20.6. The van der Waals surface area contributed by atoms with Crippen molar-refractivity contribution in [2.75, 3.05) is 31.1 Å². The van der Waals surface area contributed by atoms with Gasteiger partial charge < -0.3 is 16.0 Å². The van der Waals surface area contributed by atoms with Crippen LogP contribution in [0.15, 0.2) is 23.6 Å². The molecule has 4 nitrogen and oxygen atoms in total. The number of fused-ring (bicyclic) bond motifs is 1. The minimum Gasteiger partial charge on any atom is -0.348 e. The Morgan fingerprint density at radius 3 is 2.48 bits per heavy atom. The molecule has 0 saturated carbocycles. The zero-order valence-corrected chi connectivity index (χ0v) is 19.2. The van der Waals surface area contributed by atoms with Gasteiger partial charge in [-0.2, -0.15) is 0 Å². The molecule has 4 rings (SSSR count). The van der Waals surface area contributed by atoms with E-state index in [1.807, 2.05) is 0 Å². The molecule has 29 heavy (non-hydrogen) atoms. The standard InChI is InChI=1S/C24H36N4S/c1-23(2)9-10-24(3,4)20-15-17(5-6-19(20)23)21-16-29-22(27-21)28-13-7-18(8-14-28)26-12-11-25/h5-6,15-16,18,26H,7-14,25H2,1-4H3. The Hall–Kier alpha value is -1.43. The van der Waals surface area contributed by atoms with Gasteiger partial charge in [-0.1, -0.05) is 39.8 Å². The van der Waals surface area contributed by atoms with Crippen LogP contribution in [0.25, 0.3) is 11.3 Å². The number of aromatic nitrogens is 1. The van der Waals surface area contributed by atoms with Crippen LogP contribution in [-0.2, 0) is 10.8 Å². The minimum atomic E-state index is 0.234. The van der Waals surface area contributed by atoms with Crippen LogP contribution in [-0.4, -0.2) is 37.2 Å². The number of benzene rings is 1. The molecular weight excluding hydrogens is 376 g/mol. The van der Waals surface area contributed by atoms with E-state index in [1.165, 1.54) is 29.5 Å². The number of piperidine rings is 1. The molecule has 0 spiro atoms. The lowest BCUT2D eigenvalue weighted by Gasteiger charge is -2.42.